The van der Waals surface area contributed by atoms with Gasteiger partial charge in [-0.25, -0.2) is 0 Å². The van der Waals surface area contributed by atoms with Crippen molar-refractivity contribution in [2.24, 2.45) is 5.41 Å². The van der Waals surface area contributed by atoms with Crippen LogP contribution < -0.4 is 0 Å². The van der Waals surface area contributed by atoms with E-state index in [0.717, 1.165) is 45.5 Å². The smallest absolute Gasteiger partial charge is 0.172 e. The van der Waals surface area contributed by atoms with Crippen molar-refractivity contribution >= 4 is 0 Å². The normalized spacial score (nSPS) is 33.2. The summed E-state index contributed by atoms with van der Waals surface area (Å²) in [5.74, 6) is 2.21. The molecule has 3 nitrogen and oxygen atoms in total. The molecule has 3 rings (SSSR count). The van der Waals surface area contributed by atoms with Crippen molar-refractivity contribution in [1.82, 2.24) is 0 Å². The zero-order valence-electron chi connectivity index (χ0n) is 10.7. The van der Waals surface area contributed by atoms with E-state index in [4.69, 9.17) is 20.6 Å². The van der Waals surface area contributed by atoms with Crippen molar-refractivity contribution in [2.45, 2.75) is 37.9 Å². The summed E-state index contributed by atoms with van der Waals surface area (Å²) in [6.45, 7) is 2.62. The minimum absolute atomic E-state index is 0.206. The maximum absolute atomic E-state index is 5.82. The van der Waals surface area contributed by atoms with Gasteiger partial charge in [0.15, 0.2) is 5.79 Å². The van der Waals surface area contributed by atoms with Gasteiger partial charge in [0, 0.05) is 18.3 Å². The van der Waals surface area contributed by atoms with E-state index in [1.165, 1.54) is 12.0 Å². The first kappa shape index (κ1) is 12.2. The summed E-state index contributed by atoms with van der Waals surface area (Å²) in [6, 6.07) is 0. The van der Waals surface area contributed by atoms with E-state index in [9.17, 15) is 0 Å². The van der Waals surface area contributed by atoms with Gasteiger partial charge in [-0.15, -0.1) is 6.42 Å². The molecule has 1 unspecified atom stereocenters. The Morgan fingerprint density at radius 2 is 2.11 bits per heavy atom. The van der Waals surface area contributed by atoms with Crippen LogP contribution in [0.2, 0.25) is 0 Å². The lowest BCUT2D eigenvalue weighted by atomic mass is 9.69. The predicted molar refractivity (Wildman–Crippen MR) is 67.9 cm³/mol. The van der Waals surface area contributed by atoms with Crippen molar-refractivity contribution in [2.75, 3.05) is 26.4 Å². The second kappa shape index (κ2) is 4.70. The molecule has 1 atom stereocenters. The number of hydrogen-bond acceptors (Lipinski definition) is 3. The van der Waals surface area contributed by atoms with E-state index in [1.54, 1.807) is 0 Å². The maximum atomic E-state index is 5.82. The van der Waals surface area contributed by atoms with Crippen LogP contribution in [0.15, 0.2) is 11.6 Å². The van der Waals surface area contributed by atoms with Crippen LogP contribution >= 0.6 is 0 Å². The Balaban J connectivity index is 1.70. The van der Waals surface area contributed by atoms with Crippen LogP contribution in [0.1, 0.15) is 32.1 Å². The van der Waals surface area contributed by atoms with Crippen LogP contribution in [0.4, 0.5) is 0 Å². The lowest BCUT2D eigenvalue weighted by molar-refractivity contribution is -0.179. The molecule has 18 heavy (non-hydrogen) atoms. The van der Waals surface area contributed by atoms with E-state index >= 15 is 0 Å². The number of allylic oxidation sites excluding steroid dienone is 1. The molecule has 1 saturated heterocycles. The van der Waals surface area contributed by atoms with Crippen LogP contribution in [-0.2, 0) is 14.2 Å². The molecular formula is C15H20O3. The summed E-state index contributed by atoms with van der Waals surface area (Å²) in [6.07, 6.45) is 12.9. The Hall–Kier alpha value is -0.820. The van der Waals surface area contributed by atoms with Gasteiger partial charge in [-0.3, -0.25) is 0 Å². The fourth-order valence-corrected chi connectivity index (χ4v) is 3.54. The van der Waals surface area contributed by atoms with E-state index in [0.29, 0.717) is 6.61 Å². The first-order valence-corrected chi connectivity index (χ1v) is 6.77. The van der Waals surface area contributed by atoms with Crippen LogP contribution in [0.5, 0.6) is 0 Å². The number of ether oxygens (including phenoxy) is 3. The molecule has 1 saturated carbocycles. The SMILES string of the molecule is C#CCOCC12CCC=C1CC1(CC2)OCCO1. The third-order valence-electron chi connectivity index (χ3n) is 4.52. The van der Waals surface area contributed by atoms with Crippen molar-refractivity contribution in [3.63, 3.8) is 0 Å². The molecule has 2 fully saturated rings. The fraction of sp³-hybridized carbons (Fsp3) is 0.733. The summed E-state index contributed by atoms with van der Waals surface area (Å²) < 4.78 is 17.3. The van der Waals surface area contributed by atoms with Gasteiger partial charge in [-0.1, -0.05) is 17.6 Å². The van der Waals surface area contributed by atoms with Crippen LogP contribution in [-0.4, -0.2) is 32.2 Å². The van der Waals surface area contributed by atoms with Crippen molar-refractivity contribution in [3.05, 3.63) is 11.6 Å². The third kappa shape index (κ3) is 1.99. The summed E-state index contributed by atoms with van der Waals surface area (Å²) in [5, 5.41) is 0. The largest absolute Gasteiger partial charge is 0.368 e. The van der Waals surface area contributed by atoms with Crippen LogP contribution in [0.3, 0.4) is 0 Å². The van der Waals surface area contributed by atoms with E-state index in [1.807, 2.05) is 0 Å². The molecule has 0 aromatic heterocycles. The van der Waals surface area contributed by atoms with Gasteiger partial charge in [0.05, 0.1) is 19.8 Å². The summed E-state index contributed by atoms with van der Waals surface area (Å²) in [7, 11) is 0. The van der Waals surface area contributed by atoms with Crippen LogP contribution in [0, 0.1) is 17.8 Å². The zero-order chi connectivity index (χ0) is 12.5. The molecule has 3 heteroatoms. The molecule has 0 aromatic rings. The van der Waals surface area contributed by atoms with Gasteiger partial charge in [-0.2, -0.15) is 0 Å². The Morgan fingerprint density at radius 3 is 2.89 bits per heavy atom. The first-order valence-electron chi connectivity index (χ1n) is 6.77. The highest BCUT2D eigenvalue weighted by atomic mass is 16.7. The predicted octanol–water partition coefficient (Wildman–Crippen LogP) is 2.27. The molecule has 1 heterocycles. The quantitative estimate of drug-likeness (QED) is 0.435. The molecule has 0 N–H and O–H groups in total. The third-order valence-corrected chi connectivity index (χ3v) is 4.52. The molecule has 98 valence electrons. The molecule has 0 bridgehead atoms. The van der Waals surface area contributed by atoms with Crippen molar-refractivity contribution < 1.29 is 14.2 Å². The molecule has 0 aromatic carbocycles. The molecule has 1 aliphatic heterocycles. The number of fused-ring (bicyclic) bond motifs is 1. The maximum Gasteiger partial charge on any atom is 0.172 e. The standard InChI is InChI=1S/C15H20O3/c1-2-8-16-12-14-5-3-4-13(14)11-15(7-6-14)17-9-10-18-15/h1,4H,3,5-12H2. The average Bonchev–Trinajstić information content (AvgIpc) is 2.98. The van der Waals surface area contributed by atoms with Gasteiger partial charge in [0.2, 0.25) is 0 Å². The lowest BCUT2D eigenvalue weighted by Gasteiger charge is -2.43. The van der Waals surface area contributed by atoms with Gasteiger partial charge in [0.1, 0.15) is 6.61 Å². The molecular weight excluding hydrogens is 228 g/mol. The molecule has 0 amide bonds. The highest BCUT2D eigenvalue weighted by Crippen LogP contribution is 2.53. The molecule has 0 radical (unpaired) electrons. The van der Waals surface area contributed by atoms with Gasteiger partial charge >= 0.3 is 0 Å². The Morgan fingerprint density at radius 1 is 1.28 bits per heavy atom. The average molecular weight is 248 g/mol. The highest BCUT2D eigenvalue weighted by Gasteiger charge is 2.50. The number of hydrogen-bond donors (Lipinski definition) is 0. The van der Waals surface area contributed by atoms with E-state index < -0.39 is 0 Å². The minimum Gasteiger partial charge on any atom is -0.368 e. The molecule has 2 aliphatic carbocycles. The van der Waals surface area contributed by atoms with Gasteiger partial charge in [0.25, 0.3) is 0 Å². The Kier molecular flexibility index (Phi) is 3.19. The first-order chi connectivity index (χ1) is 8.79. The molecule has 1 spiro atoms. The van der Waals surface area contributed by atoms with Crippen LogP contribution in [0.25, 0.3) is 0 Å². The molecule has 3 aliphatic rings. The van der Waals surface area contributed by atoms with E-state index in [-0.39, 0.29) is 11.2 Å². The second-order valence-corrected chi connectivity index (χ2v) is 5.53. The topological polar surface area (TPSA) is 27.7 Å². The Labute approximate surface area is 108 Å². The number of rotatable bonds is 3. The second-order valence-electron chi connectivity index (χ2n) is 5.53. The summed E-state index contributed by atoms with van der Waals surface area (Å²) in [4.78, 5) is 0. The summed E-state index contributed by atoms with van der Waals surface area (Å²) in [5.41, 5.74) is 1.67. The van der Waals surface area contributed by atoms with E-state index in [2.05, 4.69) is 12.0 Å². The lowest BCUT2D eigenvalue weighted by Crippen LogP contribution is -2.42. The van der Waals surface area contributed by atoms with Crippen molar-refractivity contribution in [3.8, 4) is 12.3 Å². The summed E-state index contributed by atoms with van der Waals surface area (Å²) >= 11 is 0. The van der Waals surface area contributed by atoms with Crippen molar-refractivity contribution in [1.29, 1.82) is 0 Å². The number of terminal acetylenes is 1. The Bertz CT molecular complexity index is 387. The zero-order valence-corrected chi connectivity index (χ0v) is 10.7. The van der Waals surface area contributed by atoms with Gasteiger partial charge < -0.3 is 14.2 Å². The monoisotopic (exact) mass is 248 g/mol. The highest BCUT2D eigenvalue weighted by molar-refractivity contribution is 5.25. The fourth-order valence-electron chi connectivity index (χ4n) is 3.54. The minimum atomic E-state index is -0.328. The van der Waals surface area contributed by atoms with Gasteiger partial charge in [-0.05, 0) is 19.3 Å².